The first kappa shape index (κ1) is 12.7. The number of nitrogens with one attached hydrogen (secondary N) is 1. The summed E-state index contributed by atoms with van der Waals surface area (Å²) in [4.78, 5) is 12.3. The second-order valence-electron chi connectivity index (χ2n) is 5.48. The summed E-state index contributed by atoms with van der Waals surface area (Å²) in [6.07, 6.45) is 9.34. The van der Waals surface area contributed by atoms with Gasteiger partial charge in [-0.2, -0.15) is 0 Å². The van der Waals surface area contributed by atoms with Gasteiger partial charge in [0.1, 0.15) is 0 Å². The monoisotopic (exact) mass is 275 g/mol. The number of halogens is 1. The number of anilines is 1. The Morgan fingerprint density at radius 2 is 2.00 bits per heavy atom. The zero-order valence-corrected chi connectivity index (χ0v) is 11.6. The molecule has 1 fully saturated rings. The predicted octanol–water partition coefficient (Wildman–Crippen LogP) is 4.27. The summed E-state index contributed by atoms with van der Waals surface area (Å²) in [7, 11) is 0. The fourth-order valence-corrected chi connectivity index (χ4v) is 3.18. The Hall–Kier alpha value is -1.28. The van der Waals surface area contributed by atoms with E-state index in [1.165, 1.54) is 19.3 Å². The van der Waals surface area contributed by atoms with Gasteiger partial charge in [-0.05, 0) is 55.4 Å². The zero-order valence-electron chi connectivity index (χ0n) is 10.8. The Labute approximate surface area is 118 Å². The highest BCUT2D eigenvalue weighted by Crippen LogP contribution is 2.51. The third-order valence-corrected chi connectivity index (χ3v) is 4.41. The molecule has 100 valence electrons. The summed E-state index contributed by atoms with van der Waals surface area (Å²) in [6.45, 7) is 0. The summed E-state index contributed by atoms with van der Waals surface area (Å²) >= 11 is 5.84. The van der Waals surface area contributed by atoms with E-state index < -0.39 is 0 Å². The Bertz CT molecular complexity index is 494. The molecule has 0 aliphatic heterocycles. The lowest BCUT2D eigenvalue weighted by Gasteiger charge is -2.04. The molecule has 19 heavy (non-hydrogen) atoms. The largest absolute Gasteiger partial charge is 0.326 e. The average Bonchev–Trinajstić information content (AvgIpc) is 3.03. The fourth-order valence-electron chi connectivity index (χ4n) is 3.06. The number of carbonyl (C=O) groups excluding carboxylic acids is 1. The van der Waals surface area contributed by atoms with Gasteiger partial charge in [0.05, 0.1) is 0 Å². The third-order valence-electron chi connectivity index (χ3n) is 4.16. The van der Waals surface area contributed by atoms with Crippen LogP contribution in [0.4, 0.5) is 5.69 Å². The highest BCUT2D eigenvalue weighted by molar-refractivity contribution is 6.30. The standard InChI is InChI=1S/C16H18ClNO/c17-11-7-9-12(10-8-11)18-16(19)15-13-5-3-1-2-4-6-14(13)15/h3,5,7-10,13-15H,1-2,4,6H2,(H,18,19)/t13-,14-,15+/m0/s1. The molecule has 0 spiro atoms. The second-order valence-corrected chi connectivity index (χ2v) is 5.91. The van der Waals surface area contributed by atoms with Crippen LogP contribution in [0, 0.1) is 17.8 Å². The molecule has 2 nitrogen and oxygen atoms in total. The van der Waals surface area contributed by atoms with Crippen LogP contribution in [-0.4, -0.2) is 5.91 Å². The summed E-state index contributed by atoms with van der Waals surface area (Å²) in [5.74, 6) is 1.35. The van der Waals surface area contributed by atoms with E-state index in [4.69, 9.17) is 11.6 Å². The maximum Gasteiger partial charge on any atom is 0.228 e. The summed E-state index contributed by atoms with van der Waals surface area (Å²) in [5.41, 5.74) is 0.831. The Kier molecular flexibility index (Phi) is 3.61. The van der Waals surface area contributed by atoms with Gasteiger partial charge in [-0.25, -0.2) is 0 Å². The molecule has 2 aliphatic carbocycles. The van der Waals surface area contributed by atoms with E-state index >= 15 is 0 Å². The molecule has 0 radical (unpaired) electrons. The van der Waals surface area contributed by atoms with Gasteiger partial charge in [0.25, 0.3) is 0 Å². The molecule has 0 aromatic heterocycles. The van der Waals surface area contributed by atoms with E-state index in [2.05, 4.69) is 17.5 Å². The molecule has 2 aliphatic rings. The summed E-state index contributed by atoms with van der Waals surface area (Å²) in [6, 6.07) is 7.29. The number of benzene rings is 1. The van der Waals surface area contributed by atoms with E-state index in [9.17, 15) is 4.79 Å². The molecule has 1 aromatic rings. The molecule has 0 bridgehead atoms. The van der Waals surface area contributed by atoms with Crippen LogP contribution in [0.25, 0.3) is 0 Å². The number of carbonyl (C=O) groups is 1. The van der Waals surface area contributed by atoms with Crippen LogP contribution in [0.15, 0.2) is 36.4 Å². The van der Waals surface area contributed by atoms with Gasteiger partial charge in [0.2, 0.25) is 5.91 Å². The molecule has 1 saturated carbocycles. The highest BCUT2D eigenvalue weighted by atomic mass is 35.5. The molecule has 1 aromatic carbocycles. The molecule has 3 rings (SSSR count). The Balaban J connectivity index is 1.64. The third kappa shape index (κ3) is 2.84. The topological polar surface area (TPSA) is 29.1 Å². The molecule has 1 amide bonds. The van der Waals surface area contributed by atoms with E-state index in [1.807, 2.05) is 12.1 Å². The lowest BCUT2D eigenvalue weighted by molar-refractivity contribution is -0.117. The number of hydrogen-bond donors (Lipinski definition) is 1. The summed E-state index contributed by atoms with van der Waals surface area (Å²) < 4.78 is 0. The second kappa shape index (κ2) is 5.38. The number of fused-ring (bicyclic) bond motifs is 1. The van der Waals surface area contributed by atoms with Crippen LogP contribution >= 0.6 is 11.6 Å². The zero-order chi connectivity index (χ0) is 13.2. The van der Waals surface area contributed by atoms with Gasteiger partial charge >= 0.3 is 0 Å². The molecule has 3 atom stereocenters. The quantitative estimate of drug-likeness (QED) is 0.803. The number of amides is 1. The summed E-state index contributed by atoms with van der Waals surface area (Å²) in [5, 5.41) is 3.69. The van der Waals surface area contributed by atoms with Crippen molar-refractivity contribution in [2.24, 2.45) is 17.8 Å². The molecule has 0 unspecified atom stereocenters. The van der Waals surface area contributed by atoms with E-state index in [-0.39, 0.29) is 11.8 Å². The van der Waals surface area contributed by atoms with Crippen LogP contribution in [0.5, 0.6) is 0 Å². The average molecular weight is 276 g/mol. The van der Waals surface area contributed by atoms with Crippen molar-refractivity contribution >= 4 is 23.2 Å². The van der Waals surface area contributed by atoms with Gasteiger partial charge in [-0.1, -0.05) is 30.2 Å². The van der Waals surface area contributed by atoms with Gasteiger partial charge in [-0.15, -0.1) is 0 Å². The van der Waals surface area contributed by atoms with Crippen LogP contribution in [0.3, 0.4) is 0 Å². The van der Waals surface area contributed by atoms with Crippen LogP contribution in [0.2, 0.25) is 5.02 Å². The van der Waals surface area contributed by atoms with Crippen molar-refractivity contribution < 1.29 is 4.79 Å². The van der Waals surface area contributed by atoms with E-state index in [1.54, 1.807) is 12.1 Å². The maximum absolute atomic E-state index is 12.3. The normalized spacial score (nSPS) is 29.0. The van der Waals surface area contributed by atoms with Crippen molar-refractivity contribution in [2.45, 2.75) is 25.7 Å². The predicted molar refractivity (Wildman–Crippen MR) is 78.2 cm³/mol. The molecular formula is C16H18ClNO. The van der Waals surface area contributed by atoms with E-state index in [0.717, 1.165) is 12.1 Å². The molecule has 0 heterocycles. The van der Waals surface area contributed by atoms with Crippen molar-refractivity contribution in [1.82, 2.24) is 0 Å². The van der Waals surface area contributed by atoms with Gasteiger partial charge in [0, 0.05) is 16.6 Å². The SMILES string of the molecule is O=C(Nc1ccc(Cl)cc1)[C@@H]1[C@H]2C=CCCCC[C@@H]21. The lowest BCUT2D eigenvalue weighted by atomic mass is 10.1. The van der Waals surface area contributed by atoms with Crippen molar-refractivity contribution in [3.05, 3.63) is 41.4 Å². The smallest absolute Gasteiger partial charge is 0.228 e. The number of hydrogen-bond acceptors (Lipinski definition) is 1. The van der Waals surface area contributed by atoms with Crippen LogP contribution < -0.4 is 5.32 Å². The first-order chi connectivity index (χ1) is 9.25. The minimum atomic E-state index is 0.156. The lowest BCUT2D eigenvalue weighted by Crippen LogP contribution is -2.15. The molecule has 0 saturated heterocycles. The van der Waals surface area contributed by atoms with E-state index in [0.29, 0.717) is 16.9 Å². The minimum absolute atomic E-state index is 0.156. The van der Waals surface area contributed by atoms with Gasteiger partial charge in [0.15, 0.2) is 0 Å². The molecule has 1 N–H and O–H groups in total. The first-order valence-corrected chi connectivity index (χ1v) is 7.36. The van der Waals surface area contributed by atoms with Gasteiger partial charge in [-0.3, -0.25) is 4.79 Å². The number of allylic oxidation sites excluding steroid dienone is 2. The highest BCUT2D eigenvalue weighted by Gasteiger charge is 2.52. The first-order valence-electron chi connectivity index (χ1n) is 6.99. The minimum Gasteiger partial charge on any atom is -0.326 e. The Morgan fingerprint density at radius 1 is 1.21 bits per heavy atom. The van der Waals surface area contributed by atoms with Gasteiger partial charge < -0.3 is 5.32 Å². The van der Waals surface area contributed by atoms with Crippen molar-refractivity contribution in [3.63, 3.8) is 0 Å². The van der Waals surface area contributed by atoms with Crippen LogP contribution in [-0.2, 0) is 4.79 Å². The number of rotatable bonds is 2. The van der Waals surface area contributed by atoms with Crippen LogP contribution in [0.1, 0.15) is 25.7 Å². The molecule has 3 heteroatoms. The maximum atomic E-state index is 12.3. The van der Waals surface area contributed by atoms with Crippen molar-refractivity contribution in [1.29, 1.82) is 0 Å². The Morgan fingerprint density at radius 3 is 2.79 bits per heavy atom. The molecular weight excluding hydrogens is 258 g/mol. The van der Waals surface area contributed by atoms with Crippen molar-refractivity contribution in [3.8, 4) is 0 Å². The van der Waals surface area contributed by atoms with Crippen molar-refractivity contribution in [2.75, 3.05) is 5.32 Å². The fraction of sp³-hybridized carbons (Fsp3) is 0.438.